The third-order valence-corrected chi connectivity index (χ3v) is 5.19. The maximum Gasteiger partial charge on any atom is 0.240 e. The Balaban J connectivity index is 1.98. The first-order chi connectivity index (χ1) is 12.1. The molecule has 128 valence electrons. The van der Waals surface area contributed by atoms with E-state index >= 15 is 0 Å². The molecule has 1 aromatic heterocycles. The van der Waals surface area contributed by atoms with Crippen molar-refractivity contribution in [3.63, 3.8) is 0 Å². The van der Waals surface area contributed by atoms with E-state index in [1.807, 2.05) is 53.2 Å². The number of hydrogen-bond donors (Lipinski definition) is 0. The zero-order chi connectivity index (χ0) is 17.8. The summed E-state index contributed by atoms with van der Waals surface area (Å²) >= 11 is 1.48. The molecule has 0 aliphatic heterocycles. The van der Waals surface area contributed by atoms with Gasteiger partial charge in [-0.3, -0.25) is 9.36 Å². The van der Waals surface area contributed by atoms with Gasteiger partial charge in [0.25, 0.3) is 0 Å². The van der Waals surface area contributed by atoms with E-state index in [0.29, 0.717) is 0 Å². The van der Waals surface area contributed by atoms with Crippen molar-refractivity contribution < 1.29 is 4.79 Å². The summed E-state index contributed by atoms with van der Waals surface area (Å²) in [7, 11) is 3.57. The predicted molar refractivity (Wildman–Crippen MR) is 102 cm³/mol. The lowest BCUT2D eigenvalue weighted by Gasteiger charge is -2.21. The summed E-state index contributed by atoms with van der Waals surface area (Å²) in [6.45, 7) is 2.07. The summed E-state index contributed by atoms with van der Waals surface area (Å²) in [5.41, 5.74) is 3.22. The van der Waals surface area contributed by atoms with E-state index < -0.39 is 0 Å². The number of benzene rings is 2. The highest BCUT2D eigenvalue weighted by Gasteiger charge is 2.25. The van der Waals surface area contributed by atoms with Gasteiger partial charge in [0.05, 0.1) is 5.69 Å². The largest absolute Gasteiger partial charge is 0.348 e. The molecular weight excluding hydrogens is 330 g/mol. The molecular formula is C20H21N3OS. The van der Waals surface area contributed by atoms with Crippen molar-refractivity contribution in [3.05, 3.63) is 78.1 Å². The molecule has 0 fully saturated rings. The summed E-state index contributed by atoms with van der Waals surface area (Å²) in [5.74, 6) is 0.0514. The highest BCUT2D eigenvalue weighted by atomic mass is 32.2. The maximum absolute atomic E-state index is 12.8. The lowest BCUT2D eigenvalue weighted by Crippen LogP contribution is -2.27. The van der Waals surface area contributed by atoms with Crippen molar-refractivity contribution in [2.24, 2.45) is 0 Å². The molecule has 0 saturated carbocycles. The molecule has 0 aliphatic carbocycles. The van der Waals surface area contributed by atoms with Crippen molar-refractivity contribution in [2.45, 2.75) is 17.3 Å². The standard InChI is InChI=1S/C20H21N3OS/c1-15-9-7-8-12-17(15)23-14-13-21-20(23)25-18(19(24)22(2)3)16-10-5-4-6-11-16/h4-14,18H,1-3H3. The molecule has 0 aliphatic rings. The number of carbonyl (C=O) groups is 1. The second-order valence-corrected chi connectivity index (χ2v) is 7.08. The van der Waals surface area contributed by atoms with E-state index in [9.17, 15) is 4.79 Å². The smallest absolute Gasteiger partial charge is 0.240 e. The molecule has 25 heavy (non-hydrogen) atoms. The van der Waals surface area contributed by atoms with Gasteiger partial charge in [0.2, 0.25) is 5.91 Å². The fourth-order valence-corrected chi connectivity index (χ4v) is 3.83. The Morgan fingerprint density at radius 1 is 1.08 bits per heavy atom. The molecule has 4 nitrogen and oxygen atoms in total. The SMILES string of the molecule is Cc1ccccc1-n1ccnc1SC(C(=O)N(C)C)c1ccccc1. The molecule has 3 rings (SSSR count). The number of thioether (sulfide) groups is 1. The number of rotatable bonds is 5. The van der Waals surface area contributed by atoms with Gasteiger partial charge in [-0.25, -0.2) is 4.98 Å². The van der Waals surface area contributed by atoms with Crippen LogP contribution in [0.3, 0.4) is 0 Å². The van der Waals surface area contributed by atoms with Crippen molar-refractivity contribution in [3.8, 4) is 5.69 Å². The van der Waals surface area contributed by atoms with Crippen LogP contribution in [0.1, 0.15) is 16.4 Å². The van der Waals surface area contributed by atoms with Crippen LogP contribution in [0.15, 0.2) is 72.1 Å². The molecule has 0 saturated heterocycles. The Morgan fingerprint density at radius 2 is 1.76 bits per heavy atom. The number of hydrogen-bond acceptors (Lipinski definition) is 3. The fourth-order valence-electron chi connectivity index (χ4n) is 2.62. The highest BCUT2D eigenvalue weighted by molar-refractivity contribution is 8.00. The molecule has 1 amide bonds. The van der Waals surface area contributed by atoms with E-state index in [0.717, 1.165) is 22.0 Å². The van der Waals surface area contributed by atoms with Crippen LogP contribution in [-0.2, 0) is 4.79 Å². The Morgan fingerprint density at radius 3 is 2.44 bits per heavy atom. The minimum atomic E-state index is -0.332. The lowest BCUT2D eigenvalue weighted by atomic mass is 10.1. The van der Waals surface area contributed by atoms with Crippen LogP contribution in [0.2, 0.25) is 0 Å². The van der Waals surface area contributed by atoms with Crippen LogP contribution in [0, 0.1) is 6.92 Å². The average molecular weight is 351 g/mol. The molecule has 1 atom stereocenters. The fraction of sp³-hybridized carbons (Fsp3) is 0.200. The number of imidazole rings is 1. The molecule has 0 radical (unpaired) electrons. The first-order valence-corrected chi connectivity index (χ1v) is 8.98. The Hall–Kier alpha value is -2.53. The summed E-state index contributed by atoms with van der Waals surface area (Å²) in [6, 6.07) is 18.0. The third-order valence-electron chi connectivity index (χ3n) is 3.97. The Kier molecular flexibility index (Phi) is 5.24. The monoisotopic (exact) mass is 351 g/mol. The van der Waals surface area contributed by atoms with E-state index in [-0.39, 0.29) is 11.2 Å². The van der Waals surface area contributed by atoms with Crippen LogP contribution < -0.4 is 0 Å². The second kappa shape index (κ2) is 7.57. The van der Waals surface area contributed by atoms with Crippen molar-refractivity contribution in [1.29, 1.82) is 0 Å². The Bertz CT molecular complexity index is 858. The van der Waals surface area contributed by atoms with E-state index in [2.05, 4.69) is 24.0 Å². The number of aromatic nitrogens is 2. The maximum atomic E-state index is 12.8. The molecule has 1 heterocycles. The number of para-hydroxylation sites is 1. The zero-order valence-corrected chi connectivity index (χ0v) is 15.4. The molecule has 1 unspecified atom stereocenters. The summed E-state index contributed by atoms with van der Waals surface area (Å²) in [6.07, 6.45) is 3.71. The van der Waals surface area contributed by atoms with Crippen LogP contribution in [-0.4, -0.2) is 34.5 Å². The highest BCUT2D eigenvalue weighted by Crippen LogP contribution is 2.36. The first kappa shape index (κ1) is 17.3. The van der Waals surface area contributed by atoms with Gasteiger partial charge in [-0.05, 0) is 24.1 Å². The average Bonchev–Trinajstić information content (AvgIpc) is 3.08. The molecule has 5 heteroatoms. The summed E-state index contributed by atoms with van der Waals surface area (Å²) < 4.78 is 2.04. The van der Waals surface area contributed by atoms with E-state index in [4.69, 9.17) is 0 Å². The lowest BCUT2D eigenvalue weighted by molar-refractivity contribution is -0.128. The molecule has 0 spiro atoms. The van der Waals surface area contributed by atoms with E-state index in [1.165, 1.54) is 11.8 Å². The molecule has 2 aromatic carbocycles. The second-order valence-electron chi connectivity index (χ2n) is 6.01. The number of amides is 1. The van der Waals surface area contributed by atoms with Crippen LogP contribution in [0.5, 0.6) is 0 Å². The minimum Gasteiger partial charge on any atom is -0.348 e. The van der Waals surface area contributed by atoms with Crippen molar-refractivity contribution in [1.82, 2.24) is 14.5 Å². The number of likely N-dealkylation sites (N-methyl/N-ethyl adjacent to an activating group) is 1. The quantitative estimate of drug-likeness (QED) is 0.650. The van der Waals surface area contributed by atoms with Gasteiger partial charge >= 0.3 is 0 Å². The minimum absolute atomic E-state index is 0.0514. The Labute approximate surface area is 152 Å². The van der Waals surface area contributed by atoms with Gasteiger partial charge in [0.1, 0.15) is 5.25 Å². The first-order valence-electron chi connectivity index (χ1n) is 8.10. The van der Waals surface area contributed by atoms with Gasteiger partial charge in [-0.2, -0.15) is 0 Å². The van der Waals surface area contributed by atoms with Crippen LogP contribution >= 0.6 is 11.8 Å². The van der Waals surface area contributed by atoms with Gasteiger partial charge in [0, 0.05) is 26.5 Å². The molecule has 0 bridgehead atoms. The predicted octanol–water partition coefficient (Wildman–Crippen LogP) is 4.10. The van der Waals surface area contributed by atoms with Crippen molar-refractivity contribution >= 4 is 17.7 Å². The number of aryl methyl sites for hydroxylation is 1. The summed E-state index contributed by atoms with van der Waals surface area (Å²) in [4.78, 5) is 18.9. The zero-order valence-electron chi connectivity index (χ0n) is 14.6. The number of carbonyl (C=O) groups excluding carboxylic acids is 1. The normalized spacial score (nSPS) is 12.0. The van der Waals surface area contributed by atoms with Gasteiger partial charge in [-0.15, -0.1) is 0 Å². The summed E-state index contributed by atoms with van der Waals surface area (Å²) in [5, 5.41) is 0.472. The molecule has 3 aromatic rings. The third kappa shape index (κ3) is 3.77. The number of nitrogens with zero attached hydrogens (tertiary/aromatic N) is 3. The van der Waals surface area contributed by atoms with Gasteiger partial charge in [0.15, 0.2) is 5.16 Å². The molecule has 0 N–H and O–H groups in total. The topological polar surface area (TPSA) is 38.1 Å². The van der Waals surface area contributed by atoms with Crippen molar-refractivity contribution in [2.75, 3.05) is 14.1 Å². The van der Waals surface area contributed by atoms with Gasteiger partial charge < -0.3 is 4.90 Å². The van der Waals surface area contributed by atoms with Crippen LogP contribution in [0.4, 0.5) is 0 Å². The van der Waals surface area contributed by atoms with Gasteiger partial charge in [-0.1, -0.05) is 60.3 Å². The van der Waals surface area contributed by atoms with Crippen LogP contribution in [0.25, 0.3) is 5.69 Å². The van der Waals surface area contributed by atoms with E-state index in [1.54, 1.807) is 25.2 Å².